The second-order valence-corrected chi connectivity index (χ2v) is 10.1. The number of methoxy groups -OCH3 is 1. The van der Waals surface area contributed by atoms with Crippen LogP contribution in [0.15, 0.2) is 53.6 Å². The summed E-state index contributed by atoms with van der Waals surface area (Å²) < 4.78 is 86.9. The fourth-order valence-corrected chi connectivity index (χ4v) is 5.21. The van der Waals surface area contributed by atoms with Gasteiger partial charge in [0, 0.05) is 23.9 Å². The minimum Gasteiger partial charge on any atom is -0.382 e. The van der Waals surface area contributed by atoms with Gasteiger partial charge < -0.3 is 9.84 Å². The molecule has 188 valence electrons. The van der Waals surface area contributed by atoms with Gasteiger partial charge >= 0.3 is 6.18 Å². The number of hydrogen-bond donors (Lipinski definition) is 1. The zero-order valence-corrected chi connectivity index (χ0v) is 20.6. The Morgan fingerprint density at radius 2 is 1.80 bits per heavy atom. The Balaban J connectivity index is 2.23. The highest BCUT2D eigenvalue weighted by Gasteiger charge is 2.37. The summed E-state index contributed by atoms with van der Waals surface area (Å²) in [6, 6.07) is 6.72. The summed E-state index contributed by atoms with van der Waals surface area (Å²) in [5.74, 6) is -0.902. The van der Waals surface area contributed by atoms with E-state index in [9.17, 15) is 31.1 Å². The first-order chi connectivity index (χ1) is 16.3. The van der Waals surface area contributed by atoms with Crippen LogP contribution >= 0.6 is 34.8 Å². The minimum atomic E-state index is -4.94. The van der Waals surface area contributed by atoms with Crippen LogP contribution in [-0.2, 0) is 20.9 Å². The van der Waals surface area contributed by atoms with Gasteiger partial charge in [0.05, 0.1) is 31.9 Å². The molecule has 1 N–H and O–H groups in total. The predicted molar refractivity (Wildman–Crippen MR) is 123 cm³/mol. The molecule has 1 unspecified atom stereocenters. The first kappa shape index (κ1) is 27.4. The lowest BCUT2D eigenvalue weighted by atomic mass is 10.0. The van der Waals surface area contributed by atoms with Crippen LogP contribution in [0.25, 0.3) is 0 Å². The summed E-state index contributed by atoms with van der Waals surface area (Å²) in [7, 11) is -3.65. The Morgan fingerprint density at radius 3 is 2.40 bits per heavy atom. The van der Waals surface area contributed by atoms with Crippen LogP contribution in [0, 0.1) is 5.82 Å². The average molecular weight is 574 g/mol. The van der Waals surface area contributed by atoms with Gasteiger partial charge in [-0.25, -0.2) is 17.1 Å². The van der Waals surface area contributed by atoms with E-state index < -0.39 is 61.6 Å². The maximum Gasteiger partial charge on any atom is 0.417 e. The third kappa shape index (κ3) is 5.65. The summed E-state index contributed by atoms with van der Waals surface area (Å²) in [6.45, 7) is -0.723. The molecule has 1 atom stereocenters. The number of ether oxygens (including phenoxy) is 1. The van der Waals surface area contributed by atoms with Gasteiger partial charge in [0.25, 0.3) is 10.0 Å². The molecule has 1 heterocycles. The predicted octanol–water partition coefficient (Wildman–Crippen LogP) is 6.08. The first-order valence-electron chi connectivity index (χ1n) is 9.45. The zero-order chi connectivity index (χ0) is 26.1. The number of nitrogens with zero attached hydrogens (tertiary/aromatic N) is 2. The van der Waals surface area contributed by atoms with E-state index >= 15 is 0 Å². The van der Waals surface area contributed by atoms with Crippen molar-refractivity contribution >= 4 is 50.5 Å². The second-order valence-electron chi connectivity index (χ2n) is 7.01. The smallest absolute Gasteiger partial charge is 0.382 e. The van der Waals surface area contributed by atoms with E-state index in [-0.39, 0.29) is 15.7 Å². The molecule has 0 amide bonds. The molecular formula is C21H15Cl3F4N2O4S. The quantitative estimate of drug-likeness (QED) is 0.274. The van der Waals surface area contributed by atoms with Crippen molar-refractivity contribution in [3.05, 3.63) is 86.4 Å². The third-order valence-electron chi connectivity index (χ3n) is 4.74. The third-order valence-corrected chi connectivity index (χ3v) is 7.34. The molecule has 14 heteroatoms. The molecule has 6 nitrogen and oxygen atoms in total. The lowest BCUT2D eigenvalue weighted by molar-refractivity contribution is -0.137. The van der Waals surface area contributed by atoms with Gasteiger partial charge in [-0.3, -0.25) is 4.98 Å². The number of rotatable bonds is 7. The van der Waals surface area contributed by atoms with Crippen LogP contribution in [0.4, 0.5) is 23.2 Å². The van der Waals surface area contributed by atoms with Crippen molar-refractivity contribution in [1.29, 1.82) is 0 Å². The number of aliphatic hydroxyl groups excluding tert-OH is 1. The number of sulfonamides is 1. The van der Waals surface area contributed by atoms with Crippen molar-refractivity contribution in [2.75, 3.05) is 18.1 Å². The second kappa shape index (κ2) is 10.5. The summed E-state index contributed by atoms with van der Waals surface area (Å²) in [5, 5.41) is 9.95. The molecule has 1 aromatic heterocycles. The lowest BCUT2D eigenvalue weighted by Gasteiger charge is -2.27. The fraction of sp³-hybridized carbons (Fsp3) is 0.190. The van der Waals surface area contributed by atoms with Crippen LogP contribution in [0.2, 0.25) is 15.1 Å². The molecule has 0 spiro atoms. The van der Waals surface area contributed by atoms with Crippen LogP contribution in [0.3, 0.4) is 0 Å². The van der Waals surface area contributed by atoms with Gasteiger partial charge in [0.2, 0.25) is 0 Å². The number of aromatic nitrogens is 1. The molecule has 0 aliphatic heterocycles. The highest BCUT2D eigenvalue weighted by atomic mass is 35.5. The number of aliphatic hydroxyl groups is 1. The molecule has 3 aromatic rings. The molecule has 0 saturated heterocycles. The van der Waals surface area contributed by atoms with E-state index in [2.05, 4.69) is 4.98 Å². The molecule has 3 rings (SSSR count). The number of pyridine rings is 1. The Kier molecular flexibility index (Phi) is 8.19. The normalized spacial score (nSPS) is 13.1. The Bertz CT molecular complexity index is 1340. The van der Waals surface area contributed by atoms with Gasteiger partial charge in [-0.1, -0.05) is 40.9 Å². The molecule has 2 aromatic carbocycles. The van der Waals surface area contributed by atoms with Crippen LogP contribution in [0.5, 0.6) is 0 Å². The lowest BCUT2D eigenvalue weighted by Crippen LogP contribution is -2.34. The maximum absolute atomic E-state index is 14.5. The van der Waals surface area contributed by atoms with E-state index in [0.717, 1.165) is 37.6 Å². The zero-order valence-electron chi connectivity index (χ0n) is 17.5. The van der Waals surface area contributed by atoms with Crippen LogP contribution in [-0.4, -0.2) is 32.3 Å². The molecular weight excluding hydrogens is 559 g/mol. The van der Waals surface area contributed by atoms with E-state index in [1.165, 1.54) is 12.1 Å². The molecule has 0 saturated carbocycles. The van der Waals surface area contributed by atoms with Gasteiger partial charge in [-0.15, -0.1) is 0 Å². The molecule has 35 heavy (non-hydrogen) atoms. The molecule has 0 aliphatic rings. The number of benzene rings is 2. The fourth-order valence-electron chi connectivity index (χ4n) is 3.15. The monoisotopic (exact) mass is 572 g/mol. The van der Waals surface area contributed by atoms with Crippen molar-refractivity contribution in [1.82, 2.24) is 4.98 Å². The van der Waals surface area contributed by atoms with Gasteiger partial charge in [0.15, 0.2) is 0 Å². The number of hydrogen-bond acceptors (Lipinski definition) is 5. The number of alkyl halides is 3. The van der Waals surface area contributed by atoms with E-state index in [1.807, 2.05) is 0 Å². The van der Waals surface area contributed by atoms with Crippen molar-refractivity contribution in [2.24, 2.45) is 0 Å². The number of halogens is 7. The van der Waals surface area contributed by atoms with E-state index in [4.69, 9.17) is 39.5 Å². The average Bonchev–Trinajstić information content (AvgIpc) is 2.76. The van der Waals surface area contributed by atoms with Crippen LogP contribution < -0.4 is 4.31 Å². The summed E-state index contributed by atoms with van der Waals surface area (Å²) in [6.07, 6.45) is -5.74. The van der Waals surface area contributed by atoms with Gasteiger partial charge in [-0.2, -0.15) is 13.2 Å². The number of anilines is 1. The van der Waals surface area contributed by atoms with Crippen molar-refractivity contribution in [2.45, 2.75) is 17.2 Å². The summed E-state index contributed by atoms with van der Waals surface area (Å²) >= 11 is 17.6. The Morgan fingerprint density at radius 1 is 1.11 bits per heavy atom. The Labute approximate surface area is 212 Å². The highest BCUT2D eigenvalue weighted by Crippen LogP contribution is 2.39. The first-order valence-corrected chi connectivity index (χ1v) is 12.0. The van der Waals surface area contributed by atoms with Crippen molar-refractivity contribution < 1.29 is 35.8 Å². The van der Waals surface area contributed by atoms with Crippen LogP contribution in [0.1, 0.15) is 22.9 Å². The molecule has 0 radical (unpaired) electrons. The van der Waals surface area contributed by atoms with Crippen molar-refractivity contribution in [3.63, 3.8) is 0 Å². The molecule has 0 bridgehead atoms. The van der Waals surface area contributed by atoms with E-state index in [1.54, 1.807) is 0 Å². The summed E-state index contributed by atoms with van der Waals surface area (Å²) in [4.78, 5) is 3.17. The minimum absolute atomic E-state index is 0.0843. The van der Waals surface area contributed by atoms with Gasteiger partial charge in [0.1, 0.15) is 18.7 Å². The standard InChI is InChI=1S/C21H15Cl3F4N2O4S/c1-34-10-30(35(32,33)12-5-6-14(23)13(8-12)21(26,27)28)17-7-11(22)9-29-19(17)20(31)18-15(24)3-2-4-16(18)25/h2-9,20,31H,10H2,1H3. The summed E-state index contributed by atoms with van der Waals surface area (Å²) in [5.41, 5.74) is -2.55. The van der Waals surface area contributed by atoms with E-state index in [0.29, 0.717) is 10.4 Å². The largest absolute Gasteiger partial charge is 0.417 e. The van der Waals surface area contributed by atoms with Gasteiger partial charge in [-0.05, 0) is 36.4 Å². The molecule has 0 aliphatic carbocycles. The topological polar surface area (TPSA) is 79.7 Å². The highest BCUT2D eigenvalue weighted by molar-refractivity contribution is 7.92. The maximum atomic E-state index is 14.5. The SMILES string of the molecule is COCN(c1cc(Cl)cnc1C(O)c1c(F)cccc1Cl)S(=O)(=O)c1ccc(Cl)c(C(F)(F)F)c1. The Hall–Kier alpha value is -2.15. The molecule has 0 fully saturated rings. The van der Waals surface area contributed by atoms with Crippen molar-refractivity contribution in [3.8, 4) is 0 Å².